The van der Waals surface area contributed by atoms with Gasteiger partial charge in [0.15, 0.2) is 6.54 Å². The molecule has 1 unspecified atom stereocenters. The topological polar surface area (TPSA) is 110 Å². The molecule has 0 bridgehead atoms. The van der Waals surface area contributed by atoms with Crippen LogP contribution >= 0.6 is 0 Å². The Balaban J connectivity index is 0.00000227. The average Bonchev–Trinajstić information content (AvgIpc) is 3.29. The molecule has 0 saturated carbocycles. The van der Waals surface area contributed by atoms with Gasteiger partial charge in [0, 0.05) is 19.4 Å². The number of amides is 1. The van der Waals surface area contributed by atoms with E-state index < -0.39 is 10.4 Å². The van der Waals surface area contributed by atoms with E-state index in [1.807, 2.05) is 0 Å². The first-order valence-corrected chi connectivity index (χ1v) is 17.7. The highest BCUT2D eigenvalue weighted by atomic mass is 32.3. The van der Waals surface area contributed by atoms with Crippen molar-refractivity contribution in [1.29, 1.82) is 0 Å². The fraction of sp³-hybridized carbons (Fsp3) is 0.935. The quantitative estimate of drug-likeness (QED) is 0.0643. The lowest BCUT2D eigenvalue weighted by atomic mass is 10.1. The molecule has 1 aliphatic heterocycles. The summed E-state index contributed by atoms with van der Waals surface area (Å²) in [7, 11) is -1.22. The van der Waals surface area contributed by atoms with Gasteiger partial charge in [-0.25, -0.2) is 12.9 Å². The van der Waals surface area contributed by atoms with E-state index in [4.69, 9.17) is 0 Å². The Morgan fingerprint density at radius 2 is 1.27 bits per heavy atom. The molecule has 1 aliphatic rings. The van der Waals surface area contributed by atoms with Crippen LogP contribution in [0.15, 0.2) is 0 Å². The second kappa shape index (κ2) is 25.7. The van der Waals surface area contributed by atoms with Gasteiger partial charge in [-0.15, -0.1) is 0 Å². The lowest BCUT2D eigenvalue weighted by molar-refractivity contribution is -0.818. The van der Waals surface area contributed by atoms with Crippen molar-refractivity contribution >= 4 is 22.1 Å². The summed E-state index contributed by atoms with van der Waals surface area (Å²) in [5.74, 6) is 1.79. The Labute approximate surface area is 247 Å². The van der Waals surface area contributed by atoms with Crippen LogP contribution in [0.4, 0.5) is 0 Å². The van der Waals surface area contributed by atoms with Crippen LogP contribution in [0, 0.1) is 0 Å². The van der Waals surface area contributed by atoms with Gasteiger partial charge in [0.25, 0.3) is 0 Å². The normalized spacial score (nSPS) is 16.9. The lowest BCUT2D eigenvalue weighted by Crippen LogP contribution is -2.72. The molecule has 1 amide bonds. The van der Waals surface area contributed by atoms with Gasteiger partial charge in [0.1, 0.15) is 6.54 Å². The number of hydrogen-bond acceptors (Lipinski definition) is 5. The molecule has 2 N–H and O–H groups in total. The third-order valence-corrected chi connectivity index (χ3v) is 8.37. The molecule has 0 fully saturated rings. The number of nitrogens with one attached hydrogen (secondary N) is 2. The third-order valence-electron chi connectivity index (χ3n) is 7.97. The van der Waals surface area contributed by atoms with Crippen LogP contribution in [0.3, 0.4) is 0 Å². The number of hydrogen-bond donors (Lipinski definition) is 2. The molecule has 0 spiro atoms. The van der Waals surface area contributed by atoms with Crippen molar-refractivity contribution in [2.75, 3.05) is 40.3 Å². The minimum absolute atomic E-state index is 0.254. The Morgan fingerprint density at radius 1 is 0.825 bits per heavy atom. The molecule has 0 radical (unpaired) electrons. The highest BCUT2D eigenvalue weighted by molar-refractivity contribution is 7.80. The Hall–Kier alpha value is -1.03. The number of nitrogens with zero attached hydrogens (tertiary/aromatic N) is 1. The molecule has 9 heteroatoms. The van der Waals surface area contributed by atoms with Crippen LogP contribution in [0.2, 0.25) is 0 Å². The summed E-state index contributed by atoms with van der Waals surface area (Å²) in [5, 5.41) is 3.17. The van der Waals surface area contributed by atoms with Gasteiger partial charge in [-0.05, 0) is 12.8 Å². The second-order valence-corrected chi connectivity index (χ2v) is 12.8. The first kappa shape index (κ1) is 39.0. The maximum absolute atomic E-state index is 12.2. The average molecular weight is 591 g/mol. The van der Waals surface area contributed by atoms with E-state index in [-0.39, 0.29) is 5.91 Å². The van der Waals surface area contributed by atoms with E-state index in [1.165, 1.54) is 128 Å². The van der Waals surface area contributed by atoms with Crippen LogP contribution < -0.4 is 10.3 Å². The Bertz CT molecular complexity index is 745. The van der Waals surface area contributed by atoms with Gasteiger partial charge in [-0.1, -0.05) is 117 Å². The fourth-order valence-corrected chi connectivity index (χ4v) is 5.32. The summed E-state index contributed by atoms with van der Waals surface area (Å²) in [6.45, 7) is 8.82. The summed E-state index contributed by atoms with van der Waals surface area (Å²) in [6, 6.07) is 0. The van der Waals surface area contributed by atoms with Gasteiger partial charge in [-0.2, -0.15) is 4.99 Å². The summed E-state index contributed by atoms with van der Waals surface area (Å²) in [6.07, 6.45) is 27.3. The van der Waals surface area contributed by atoms with Crippen LogP contribution in [0.5, 0.6) is 0 Å². The fourth-order valence-electron chi connectivity index (χ4n) is 5.32. The van der Waals surface area contributed by atoms with Gasteiger partial charge in [0.2, 0.25) is 16.3 Å². The molecular formula is C31H64N3O5S+. The molecular weight excluding hydrogens is 526 g/mol. The van der Waals surface area contributed by atoms with Gasteiger partial charge >= 0.3 is 5.84 Å². The zero-order valence-electron chi connectivity index (χ0n) is 26.6. The smallest absolute Gasteiger partial charge is 0.336 e. The van der Waals surface area contributed by atoms with Crippen molar-refractivity contribution in [3.05, 3.63) is 0 Å². The minimum atomic E-state index is -4.41. The van der Waals surface area contributed by atoms with E-state index in [1.54, 1.807) is 0 Å². The SMILES string of the molecule is CCCCCCCCCCCC(=O)NCCC[N+]1(C)CC[NH+]=C1CCCCCCCCCCC.COS(=O)(=O)[O-]. The number of quaternary nitrogens is 1. The van der Waals surface area contributed by atoms with Crippen molar-refractivity contribution in [1.82, 2.24) is 5.32 Å². The van der Waals surface area contributed by atoms with Crippen molar-refractivity contribution < 1.29 is 31.4 Å². The third kappa shape index (κ3) is 23.7. The molecule has 40 heavy (non-hydrogen) atoms. The predicted octanol–water partition coefficient (Wildman–Crippen LogP) is 5.37. The first-order valence-electron chi connectivity index (χ1n) is 16.4. The highest BCUT2D eigenvalue weighted by Gasteiger charge is 2.38. The molecule has 0 aromatic heterocycles. The molecule has 238 valence electrons. The molecule has 0 aromatic carbocycles. The number of rotatable bonds is 25. The van der Waals surface area contributed by atoms with Crippen molar-refractivity contribution in [3.63, 3.8) is 0 Å². The highest BCUT2D eigenvalue weighted by Crippen LogP contribution is 2.14. The van der Waals surface area contributed by atoms with Crippen LogP contribution in [-0.2, 0) is 19.4 Å². The van der Waals surface area contributed by atoms with Gasteiger partial charge in [0.05, 0.1) is 27.1 Å². The Kier molecular flexibility index (Phi) is 25.0. The molecule has 1 atom stereocenters. The molecule has 1 rings (SSSR count). The van der Waals surface area contributed by atoms with E-state index in [0.717, 1.165) is 44.1 Å². The maximum atomic E-state index is 12.2. The standard InChI is InChI=1S/C30H59N3O.CH4O4S/c1-4-6-8-10-12-14-16-18-20-23-29-31-26-28-33(29,3)27-22-25-32-30(34)24-21-19-17-15-13-11-9-7-5-2;1-5-6(2,3)4/h4-28H2,1-3H3;1H3,(H,2,3,4)/p+1. The molecule has 1 heterocycles. The number of unbranched alkanes of at least 4 members (excludes halogenated alkanes) is 16. The summed E-state index contributed by atoms with van der Waals surface area (Å²) in [4.78, 5) is 15.8. The molecule has 8 nitrogen and oxygen atoms in total. The minimum Gasteiger partial charge on any atom is -0.726 e. The predicted molar refractivity (Wildman–Crippen MR) is 165 cm³/mol. The van der Waals surface area contributed by atoms with Crippen LogP contribution in [0.25, 0.3) is 0 Å². The second-order valence-electron chi connectivity index (χ2n) is 11.7. The number of carbonyl (C=O) groups is 1. The molecule has 0 aliphatic carbocycles. The van der Waals surface area contributed by atoms with E-state index in [0.29, 0.717) is 6.42 Å². The monoisotopic (exact) mass is 590 g/mol. The lowest BCUT2D eigenvalue weighted by Gasteiger charge is -2.26. The van der Waals surface area contributed by atoms with E-state index in [9.17, 15) is 17.8 Å². The summed E-state index contributed by atoms with van der Waals surface area (Å²) >= 11 is 0. The largest absolute Gasteiger partial charge is 0.726 e. The van der Waals surface area contributed by atoms with Crippen molar-refractivity contribution in [3.8, 4) is 0 Å². The zero-order valence-corrected chi connectivity index (χ0v) is 27.4. The maximum Gasteiger partial charge on any atom is 0.336 e. The first-order chi connectivity index (χ1) is 19.2. The van der Waals surface area contributed by atoms with Crippen molar-refractivity contribution in [2.45, 2.75) is 149 Å². The zero-order chi connectivity index (χ0) is 30.0. The van der Waals surface area contributed by atoms with Crippen LogP contribution in [0.1, 0.15) is 149 Å². The molecule has 0 aromatic rings. The summed E-state index contributed by atoms with van der Waals surface area (Å²) < 4.78 is 32.1. The molecule has 0 saturated heterocycles. The number of likely N-dealkylation sites (N-methyl/N-ethyl adjacent to an activating group) is 1. The van der Waals surface area contributed by atoms with Crippen molar-refractivity contribution in [2.24, 2.45) is 0 Å². The van der Waals surface area contributed by atoms with E-state index in [2.05, 4.69) is 35.4 Å². The number of carbonyl (C=O) groups excluding carboxylic acids is 1. The van der Waals surface area contributed by atoms with Crippen LogP contribution in [-0.4, -0.2) is 69.5 Å². The number of amidine groups is 1. The van der Waals surface area contributed by atoms with E-state index >= 15 is 0 Å². The van der Waals surface area contributed by atoms with Gasteiger partial charge < -0.3 is 9.87 Å². The van der Waals surface area contributed by atoms with Gasteiger partial charge in [-0.3, -0.25) is 8.98 Å². The Morgan fingerprint density at radius 3 is 1.75 bits per heavy atom. The summed E-state index contributed by atoms with van der Waals surface area (Å²) in [5.41, 5.74) is 0.